The first-order chi connectivity index (χ1) is 6.81. The summed E-state index contributed by atoms with van der Waals surface area (Å²) in [5, 5.41) is 13.0. The monoisotopic (exact) mass is 198 g/mol. The van der Waals surface area contributed by atoms with Crippen molar-refractivity contribution in [1.29, 1.82) is 0 Å². The molecule has 2 unspecified atom stereocenters. The van der Waals surface area contributed by atoms with Crippen molar-refractivity contribution in [2.24, 2.45) is 0 Å². The summed E-state index contributed by atoms with van der Waals surface area (Å²) in [5.41, 5.74) is 0. The summed E-state index contributed by atoms with van der Waals surface area (Å²) in [7, 11) is 0. The molecule has 0 aromatic rings. The Bertz CT molecular complexity index is 172. The van der Waals surface area contributed by atoms with Crippen molar-refractivity contribution >= 4 is 0 Å². The van der Waals surface area contributed by atoms with Crippen LogP contribution in [0.2, 0.25) is 0 Å². The number of piperidine rings is 1. The highest BCUT2D eigenvalue weighted by Gasteiger charge is 2.39. The molecular weight excluding hydrogens is 176 g/mol. The number of nitrogens with zero attached hydrogens (tertiary/aromatic N) is 1. The van der Waals surface area contributed by atoms with Crippen LogP contribution in [-0.4, -0.2) is 47.8 Å². The zero-order chi connectivity index (χ0) is 9.97. The normalized spacial score (nSPS) is 37.7. The third kappa shape index (κ3) is 2.10. The van der Waals surface area contributed by atoms with E-state index in [1.54, 1.807) is 0 Å². The second-order valence-corrected chi connectivity index (χ2v) is 4.60. The maximum absolute atomic E-state index is 9.64. The number of fused-ring (bicyclic) bond motifs is 2. The fraction of sp³-hybridized carbons (Fsp3) is 1.00. The third-order valence-electron chi connectivity index (χ3n) is 3.66. The second-order valence-electron chi connectivity index (χ2n) is 4.60. The minimum atomic E-state index is -0.0251. The Hall–Kier alpha value is -0.120. The van der Waals surface area contributed by atoms with Crippen LogP contribution in [0, 0.1) is 0 Å². The maximum atomic E-state index is 9.64. The van der Waals surface area contributed by atoms with E-state index in [0.717, 1.165) is 32.5 Å². The molecule has 2 N–H and O–H groups in total. The van der Waals surface area contributed by atoms with Gasteiger partial charge in [-0.25, -0.2) is 0 Å². The highest BCUT2D eigenvalue weighted by molar-refractivity contribution is 4.95. The van der Waals surface area contributed by atoms with Gasteiger partial charge in [-0.2, -0.15) is 0 Å². The molecule has 3 nitrogen and oxygen atoms in total. The average molecular weight is 198 g/mol. The first-order valence-electron chi connectivity index (χ1n) is 5.95. The van der Waals surface area contributed by atoms with Gasteiger partial charge in [-0.3, -0.25) is 4.90 Å². The molecule has 3 heteroatoms. The van der Waals surface area contributed by atoms with Crippen LogP contribution in [0.5, 0.6) is 0 Å². The van der Waals surface area contributed by atoms with E-state index in [2.05, 4.69) is 17.1 Å². The molecule has 2 rings (SSSR count). The van der Waals surface area contributed by atoms with Crippen molar-refractivity contribution < 1.29 is 5.11 Å². The zero-order valence-electron chi connectivity index (χ0n) is 9.08. The number of aliphatic hydroxyl groups excluding tert-OH is 1. The van der Waals surface area contributed by atoms with Crippen LogP contribution in [0.4, 0.5) is 0 Å². The van der Waals surface area contributed by atoms with Gasteiger partial charge in [-0.15, -0.1) is 0 Å². The van der Waals surface area contributed by atoms with Gasteiger partial charge in [-0.1, -0.05) is 6.92 Å². The second kappa shape index (κ2) is 4.60. The van der Waals surface area contributed by atoms with Crippen molar-refractivity contribution in [2.45, 2.75) is 50.8 Å². The summed E-state index contributed by atoms with van der Waals surface area (Å²) in [6.07, 6.45) is 4.58. The molecule has 82 valence electrons. The van der Waals surface area contributed by atoms with Gasteiger partial charge in [0.25, 0.3) is 0 Å². The highest BCUT2D eigenvalue weighted by atomic mass is 16.3. The Morgan fingerprint density at radius 1 is 1.29 bits per heavy atom. The third-order valence-corrected chi connectivity index (χ3v) is 3.66. The van der Waals surface area contributed by atoms with Gasteiger partial charge in [0.05, 0.1) is 6.10 Å². The van der Waals surface area contributed by atoms with E-state index in [0.29, 0.717) is 12.1 Å². The molecule has 2 saturated heterocycles. The molecule has 0 aromatic carbocycles. The number of hydrogen-bond donors (Lipinski definition) is 2. The van der Waals surface area contributed by atoms with E-state index >= 15 is 0 Å². The summed E-state index contributed by atoms with van der Waals surface area (Å²) in [4.78, 5) is 2.61. The largest absolute Gasteiger partial charge is 0.393 e. The Kier molecular flexibility index (Phi) is 3.42. The van der Waals surface area contributed by atoms with Crippen LogP contribution in [0.25, 0.3) is 0 Å². The first kappa shape index (κ1) is 10.4. The Morgan fingerprint density at radius 3 is 2.50 bits per heavy atom. The molecule has 2 fully saturated rings. The molecule has 0 spiro atoms. The molecular formula is C11H22N2O. The Labute approximate surface area is 86.5 Å². The highest BCUT2D eigenvalue weighted by Crippen LogP contribution is 2.35. The van der Waals surface area contributed by atoms with Crippen molar-refractivity contribution in [2.75, 3.05) is 19.6 Å². The molecule has 0 aromatic heterocycles. The van der Waals surface area contributed by atoms with Gasteiger partial charge in [0.15, 0.2) is 0 Å². The first-order valence-corrected chi connectivity index (χ1v) is 5.95. The number of rotatable bonds is 4. The molecule has 0 aliphatic carbocycles. The lowest BCUT2D eigenvalue weighted by Crippen LogP contribution is -2.47. The van der Waals surface area contributed by atoms with Gasteiger partial charge in [0.1, 0.15) is 0 Å². The number of hydrogen-bond acceptors (Lipinski definition) is 3. The van der Waals surface area contributed by atoms with Crippen LogP contribution in [-0.2, 0) is 0 Å². The average Bonchev–Trinajstić information content (AvgIpc) is 2.42. The summed E-state index contributed by atoms with van der Waals surface area (Å²) in [6.45, 7) is 5.47. The summed E-state index contributed by atoms with van der Waals surface area (Å²) in [6, 6.07) is 1.34. The smallest absolute Gasteiger partial charge is 0.0570 e. The van der Waals surface area contributed by atoms with Crippen molar-refractivity contribution in [3.63, 3.8) is 0 Å². The Balaban J connectivity index is 1.82. The lowest BCUT2D eigenvalue weighted by molar-refractivity contribution is 0.0362. The molecule has 2 aliphatic rings. The quantitative estimate of drug-likeness (QED) is 0.649. The van der Waals surface area contributed by atoms with Gasteiger partial charge < -0.3 is 10.4 Å². The molecule has 0 radical (unpaired) electrons. The van der Waals surface area contributed by atoms with Gasteiger partial charge in [0.2, 0.25) is 0 Å². The fourth-order valence-electron chi connectivity index (χ4n) is 3.00. The molecule has 2 heterocycles. The topological polar surface area (TPSA) is 35.5 Å². The van der Waals surface area contributed by atoms with Crippen molar-refractivity contribution in [3.05, 3.63) is 0 Å². The number of nitrogens with one attached hydrogen (secondary N) is 1. The zero-order valence-corrected chi connectivity index (χ0v) is 9.08. The van der Waals surface area contributed by atoms with Crippen molar-refractivity contribution in [3.8, 4) is 0 Å². The lowest BCUT2D eigenvalue weighted by atomic mass is 10.00. The van der Waals surface area contributed by atoms with Crippen LogP contribution in [0.15, 0.2) is 0 Å². The molecule has 2 aliphatic heterocycles. The van der Waals surface area contributed by atoms with E-state index in [1.807, 2.05) is 0 Å². The van der Waals surface area contributed by atoms with E-state index in [4.69, 9.17) is 0 Å². The summed E-state index contributed by atoms with van der Waals surface area (Å²) >= 11 is 0. The minimum Gasteiger partial charge on any atom is -0.393 e. The minimum absolute atomic E-state index is 0.0251. The fourth-order valence-corrected chi connectivity index (χ4v) is 3.00. The van der Waals surface area contributed by atoms with Crippen LogP contribution in [0.3, 0.4) is 0 Å². The van der Waals surface area contributed by atoms with Gasteiger partial charge in [0, 0.05) is 25.2 Å². The predicted molar refractivity (Wildman–Crippen MR) is 57.3 cm³/mol. The lowest BCUT2D eigenvalue weighted by Gasteiger charge is -2.37. The van der Waals surface area contributed by atoms with Gasteiger partial charge in [-0.05, 0) is 32.2 Å². The molecule has 0 saturated carbocycles. The number of aliphatic hydroxyl groups is 1. The van der Waals surface area contributed by atoms with E-state index < -0.39 is 0 Å². The maximum Gasteiger partial charge on any atom is 0.0570 e. The Morgan fingerprint density at radius 2 is 1.93 bits per heavy atom. The van der Waals surface area contributed by atoms with Gasteiger partial charge >= 0.3 is 0 Å². The molecule has 0 amide bonds. The van der Waals surface area contributed by atoms with E-state index in [1.165, 1.54) is 12.8 Å². The van der Waals surface area contributed by atoms with E-state index in [9.17, 15) is 5.11 Å². The standard InChI is InChI=1S/C11H22N2O/c1-2-12-5-6-13-9-3-4-10(13)8-11(14)7-9/h9-12,14H,2-8H2,1H3. The van der Waals surface area contributed by atoms with E-state index in [-0.39, 0.29) is 6.10 Å². The molecule has 2 bridgehead atoms. The molecule has 2 atom stereocenters. The van der Waals surface area contributed by atoms with Crippen LogP contribution in [0.1, 0.15) is 32.6 Å². The number of likely N-dealkylation sites (N-methyl/N-ethyl adjacent to an activating group) is 1. The SMILES string of the molecule is CCNCCN1C2CCC1CC(O)C2. The molecule has 14 heavy (non-hydrogen) atoms. The van der Waals surface area contributed by atoms with Crippen LogP contribution >= 0.6 is 0 Å². The summed E-state index contributed by atoms with van der Waals surface area (Å²) < 4.78 is 0. The van der Waals surface area contributed by atoms with Crippen molar-refractivity contribution in [1.82, 2.24) is 10.2 Å². The predicted octanol–water partition coefficient (Wildman–Crippen LogP) is 0.584. The van der Waals surface area contributed by atoms with Crippen LogP contribution < -0.4 is 5.32 Å². The summed E-state index contributed by atoms with van der Waals surface area (Å²) in [5.74, 6) is 0.